The molecule has 4 aromatic rings. The van der Waals surface area contributed by atoms with E-state index in [-0.39, 0.29) is 11.9 Å². The topological polar surface area (TPSA) is 57.8 Å². The van der Waals surface area contributed by atoms with E-state index in [9.17, 15) is 4.79 Å². The molecular weight excluding hydrogens is 378 g/mol. The Bertz CT molecular complexity index is 1140. The maximum Gasteiger partial charge on any atom is 0.251 e. The Hall–Kier alpha value is -2.92. The molecule has 0 spiro atoms. The molecule has 0 saturated heterocycles. The molecule has 2 aromatic heterocycles. The smallest absolute Gasteiger partial charge is 0.251 e. The van der Waals surface area contributed by atoms with Crippen molar-refractivity contribution in [3.8, 4) is 11.3 Å². The van der Waals surface area contributed by atoms with Crippen molar-refractivity contribution in [1.29, 1.82) is 0 Å². The molecule has 29 heavy (non-hydrogen) atoms. The normalized spacial score (nSPS) is 15.2. The average Bonchev–Trinajstić information content (AvgIpc) is 3.36. The lowest BCUT2D eigenvalue weighted by Crippen LogP contribution is -2.36. The minimum absolute atomic E-state index is 0.0222. The Labute approximate surface area is 174 Å². The number of carbonyl (C=O) groups excluding carboxylic acids is 1. The van der Waals surface area contributed by atoms with Gasteiger partial charge in [0.05, 0.1) is 17.3 Å². The highest BCUT2D eigenvalue weighted by Crippen LogP contribution is 2.38. The third kappa shape index (κ3) is 3.47. The van der Waals surface area contributed by atoms with Gasteiger partial charge >= 0.3 is 0 Å². The number of nitrogens with one attached hydrogen (secondary N) is 2. The molecule has 1 fully saturated rings. The van der Waals surface area contributed by atoms with Crippen LogP contribution in [0.5, 0.6) is 0 Å². The van der Waals surface area contributed by atoms with Crippen LogP contribution in [0.4, 0.5) is 0 Å². The standard InChI is InChI=1S/C24H23N3OS/c1-15-5-7-17(8-6-15)23-20-13-18(9-10-21(20)26-27-23)24(28)25-22(16-3-2-4-16)19-11-12-29-14-19/h5-14,16,22H,2-4H2,1H3,(H,25,28)(H,26,27). The summed E-state index contributed by atoms with van der Waals surface area (Å²) in [6.45, 7) is 2.07. The fourth-order valence-corrected chi connectivity index (χ4v) is 4.71. The molecule has 0 aliphatic heterocycles. The Morgan fingerprint density at radius 3 is 2.69 bits per heavy atom. The molecule has 146 valence electrons. The Morgan fingerprint density at radius 1 is 1.17 bits per heavy atom. The SMILES string of the molecule is Cc1ccc(-c2n[nH]c3ccc(C(=O)NC(c4ccsc4)C4CCC4)cc23)cc1. The van der Waals surface area contributed by atoms with Gasteiger partial charge in [0.15, 0.2) is 0 Å². The second-order valence-electron chi connectivity index (χ2n) is 7.90. The van der Waals surface area contributed by atoms with Crippen molar-refractivity contribution in [1.82, 2.24) is 15.5 Å². The van der Waals surface area contributed by atoms with Crippen LogP contribution in [0, 0.1) is 12.8 Å². The van der Waals surface area contributed by atoms with E-state index in [1.165, 1.54) is 30.4 Å². The van der Waals surface area contributed by atoms with Crippen LogP contribution in [-0.2, 0) is 0 Å². The molecule has 0 bridgehead atoms. The first kappa shape index (κ1) is 18.1. The van der Waals surface area contributed by atoms with Crippen molar-refractivity contribution in [3.63, 3.8) is 0 Å². The van der Waals surface area contributed by atoms with Crippen LogP contribution in [0.15, 0.2) is 59.3 Å². The molecule has 1 unspecified atom stereocenters. The number of amides is 1. The number of hydrogen-bond acceptors (Lipinski definition) is 3. The monoisotopic (exact) mass is 401 g/mol. The molecule has 1 aliphatic carbocycles. The first-order chi connectivity index (χ1) is 14.2. The summed E-state index contributed by atoms with van der Waals surface area (Å²) in [6.07, 6.45) is 3.61. The van der Waals surface area contributed by atoms with Crippen molar-refractivity contribution in [2.75, 3.05) is 0 Å². The molecule has 2 heterocycles. The van der Waals surface area contributed by atoms with Gasteiger partial charge in [0, 0.05) is 16.5 Å². The molecule has 1 saturated carbocycles. The van der Waals surface area contributed by atoms with E-state index in [1.54, 1.807) is 11.3 Å². The number of aromatic amines is 1. The first-order valence-electron chi connectivity index (χ1n) is 10.1. The highest BCUT2D eigenvalue weighted by atomic mass is 32.1. The van der Waals surface area contributed by atoms with Crippen molar-refractivity contribution in [2.24, 2.45) is 5.92 Å². The van der Waals surface area contributed by atoms with Crippen molar-refractivity contribution in [3.05, 3.63) is 76.0 Å². The molecule has 5 heteroatoms. The highest BCUT2D eigenvalue weighted by molar-refractivity contribution is 7.08. The summed E-state index contributed by atoms with van der Waals surface area (Å²) < 4.78 is 0. The highest BCUT2D eigenvalue weighted by Gasteiger charge is 2.30. The molecule has 2 N–H and O–H groups in total. The zero-order valence-corrected chi connectivity index (χ0v) is 17.1. The van der Waals surface area contributed by atoms with Gasteiger partial charge in [-0.3, -0.25) is 9.89 Å². The van der Waals surface area contributed by atoms with Crippen LogP contribution in [0.25, 0.3) is 22.2 Å². The average molecular weight is 402 g/mol. The van der Waals surface area contributed by atoms with Gasteiger partial charge in [0.1, 0.15) is 0 Å². The summed E-state index contributed by atoms with van der Waals surface area (Å²) in [6, 6.07) is 16.3. The third-order valence-corrected chi connectivity index (χ3v) is 6.66. The van der Waals surface area contributed by atoms with E-state index in [1.807, 2.05) is 18.2 Å². The molecule has 4 nitrogen and oxygen atoms in total. The number of fused-ring (bicyclic) bond motifs is 1. The molecule has 1 aliphatic rings. The van der Waals surface area contributed by atoms with E-state index in [0.29, 0.717) is 11.5 Å². The van der Waals surface area contributed by atoms with Gasteiger partial charge < -0.3 is 5.32 Å². The molecule has 5 rings (SSSR count). The Kier molecular flexibility index (Phi) is 4.68. The van der Waals surface area contributed by atoms with E-state index >= 15 is 0 Å². The number of thiophene rings is 1. The van der Waals surface area contributed by atoms with Gasteiger partial charge in [0.25, 0.3) is 5.91 Å². The number of aromatic nitrogens is 2. The number of carbonyl (C=O) groups is 1. The van der Waals surface area contributed by atoms with Crippen molar-refractivity contribution in [2.45, 2.75) is 32.2 Å². The second-order valence-corrected chi connectivity index (χ2v) is 8.68. The predicted molar refractivity (Wildman–Crippen MR) is 118 cm³/mol. The predicted octanol–water partition coefficient (Wildman–Crippen LogP) is 5.87. The summed E-state index contributed by atoms with van der Waals surface area (Å²) in [4.78, 5) is 13.1. The summed E-state index contributed by atoms with van der Waals surface area (Å²) in [5.41, 5.74) is 5.97. The fourth-order valence-electron chi connectivity index (χ4n) is 4.01. The number of hydrogen-bond donors (Lipinski definition) is 2. The minimum atomic E-state index is -0.0222. The van der Waals surface area contributed by atoms with E-state index < -0.39 is 0 Å². The van der Waals surface area contributed by atoms with Crippen LogP contribution in [-0.4, -0.2) is 16.1 Å². The first-order valence-corrected chi connectivity index (χ1v) is 11.0. The number of aryl methyl sites for hydroxylation is 1. The van der Waals surface area contributed by atoms with Crippen LogP contribution in [0.1, 0.15) is 46.8 Å². The van der Waals surface area contributed by atoms with E-state index in [4.69, 9.17) is 0 Å². The van der Waals surface area contributed by atoms with Crippen molar-refractivity contribution >= 4 is 28.1 Å². The lowest BCUT2D eigenvalue weighted by molar-refractivity contribution is 0.0901. The molecule has 0 radical (unpaired) electrons. The maximum atomic E-state index is 13.1. The van der Waals surface area contributed by atoms with Gasteiger partial charge in [-0.25, -0.2) is 0 Å². The van der Waals surface area contributed by atoms with Gasteiger partial charge in [0.2, 0.25) is 0 Å². The van der Waals surface area contributed by atoms with Gasteiger partial charge in [-0.1, -0.05) is 36.2 Å². The fraction of sp³-hybridized carbons (Fsp3) is 0.250. The zero-order valence-electron chi connectivity index (χ0n) is 16.3. The summed E-state index contributed by atoms with van der Waals surface area (Å²) in [7, 11) is 0. The number of rotatable bonds is 5. The summed E-state index contributed by atoms with van der Waals surface area (Å²) in [5, 5.41) is 16.1. The molecular formula is C24H23N3OS. The molecule has 1 atom stereocenters. The number of nitrogens with zero attached hydrogens (tertiary/aromatic N) is 1. The van der Waals surface area contributed by atoms with Gasteiger partial charge in [-0.2, -0.15) is 16.4 Å². The van der Waals surface area contributed by atoms with Crippen LogP contribution < -0.4 is 5.32 Å². The Morgan fingerprint density at radius 2 is 2.00 bits per heavy atom. The van der Waals surface area contributed by atoms with Crippen LogP contribution in [0.2, 0.25) is 0 Å². The zero-order chi connectivity index (χ0) is 19.8. The number of benzene rings is 2. The largest absolute Gasteiger partial charge is 0.345 e. The van der Waals surface area contributed by atoms with E-state index in [0.717, 1.165) is 22.2 Å². The lowest BCUT2D eigenvalue weighted by atomic mass is 9.77. The minimum Gasteiger partial charge on any atom is -0.345 e. The third-order valence-electron chi connectivity index (χ3n) is 5.96. The quantitative estimate of drug-likeness (QED) is 0.439. The molecule has 2 aromatic carbocycles. The maximum absolute atomic E-state index is 13.1. The number of H-pyrrole nitrogens is 1. The van der Waals surface area contributed by atoms with E-state index in [2.05, 4.69) is 63.5 Å². The lowest BCUT2D eigenvalue weighted by Gasteiger charge is -2.34. The summed E-state index contributed by atoms with van der Waals surface area (Å²) >= 11 is 1.68. The van der Waals surface area contributed by atoms with Gasteiger partial charge in [-0.05, 0) is 66.3 Å². The van der Waals surface area contributed by atoms with Crippen LogP contribution in [0.3, 0.4) is 0 Å². The second kappa shape index (κ2) is 7.48. The molecule has 1 amide bonds. The van der Waals surface area contributed by atoms with Crippen molar-refractivity contribution < 1.29 is 4.79 Å². The van der Waals surface area contributed by atoms with Gasteiger partial charge in [-0.15, -0.1) is 0 Å². The van der Waals surface area contributed by atoms with Crippen LogP contribution >= 0.6 is 11.3 Å². The Balaban J connectivity index is 1.45. The summed E-state index contributed by atoms with van der Waals surface area (Å²) in [5.74, 6) is 0.514.